The van der Waals surface area contributed by atoms with Crippen LogP contribution in [0.4, 0.5) is 0 Å². The summed E-state index contributed by atoms with van der Waals surface area (Å²) >= 11 is 0. The summed E-state index contributed by atoms with van der Waals surface area (Å²) in [6.45, 7) is 4.78. The summed E-state index contributed by atoms with van der Waals surface area (Å²) in [5.41, 5.74) is 1.26. The number of aromatic amines is 2. The fourth-order valence-corrected chi connectivity index (χ4v) is 4.18. The molecule has 5 rings (SSSR count). The van der Waals surface area contributed by atoms with E-state index in [0.29, 0.717) is 35.5 Å². The Hall–Kier alpha value is -3.36. The summed E-state index contributed by atoms with van der Waals surface area (Å²) in [7, 11) is 0. The molecule has 0 aliphatic carbocycles. The van der Waals surface area contributed by atoms with E-state index >= 15 is 0 Å². The summed E-state index contributed by atoms with van der Waals surface area (Å²) < 4.78 is 0. The number of rotatable bonds is 4. The minimum atomic E-state index is -0.0941. The Morgan fingerprint density at radius 2 is 1.13 bits per heavy atom. The van der Waals surface area contributed by atoms with Crippen molar-refractivity contribution in [3.05, 3.63) is 80.9 Å². The third-order valence-corrected chi connectivity index (χ3v) is 5.75. The van der Waals surface area contributed by atoms with Crippen molar-refractivity contribution in [3.8, 4) is 0 Å². The fourth-order valence-electron chi connectivity index (χ4n) is 4.18. The normalized spacial score (nSPS) is 16.0. The van der Waals surface area contributed by atoms with Crippen LogP contribution in [-0.2, 0) is 13.1 Å². The maximum atomic E-state index is 12.3. The average molecular weight is 416 g/mol. The summed E-state index contributed by atoms with van der Waals surface area (Å²) in [6, 6.07) is 14.8. The minimum Gasteiger partial charge on any atom is -0.309 e. The van der Waals surface area contributed by atoms with Gasteiger partial charge < -0.3 is 9.97 Å². The van der Waals surface area contributed by atoms with Crippen LogP contribution in [0.15, 0.2) is 58.1 Å². The van der Waals surface area contributed by atoms with Gasteiger partial charge in [0.25, 0.3) is 11.1 Å². The van der Waals surface area contributed by atoms with Crippen LogP contribution in [0.5, 0.6) is 0 Å². The zero-order valence-corrected chi connectivity index (χ0v) is 17.2. The molecule has 0 unspecified atom stereocenters. The number of aromatic nitrogens is 4. The van der Waals surface area contributed by atoms with Crippen molar-refractivity contribution in [2.24, 2.45) is 0 Å². The van der Waals surface area contributed by atoms with Gasteiger partial charge in [-0.15, -0.1) is 0 Å². The summed E-state index contributed by atoms with van der Waals surface area (Å²) in [5.74, 6) is 1.38. The van der Waals surface area contributed by atoms with Gasteiger partial charge in [-0.2, -0.15) is 0 Å². The molecule has 0 amide bonds. The molecule has 0 radical (unpaired) electrons. The summed E-state index contributed by atoms with van der Waals surface area (Å²) in [6.07, 6.45) is 0.996. The number of fused-ring (bicyclic) bond motifs is 2. The van der Waals surface area contributed by atoms with Crippen LogP contribution in [0, 0.1) is 0 Å². The maximum absolute atomic E-state index is 12.3. The molecule has 4 aromatic rings. The van der Waals surface area contributed by atoms with E-state index in [4.69, 9.17) is 0 Å². The molecule has 31 heavy (non-hydrogen) atoms. The first-order valence-corrected chi connectivity index (χ1v) is 10.6. The number of nitrogens with zero attached hydrogens (tertiary/aromatic N) is 4. The van der Waals surface area contributed by atoms with E-state index in [1.54, 1.807) is 12.1 Å². The molecule has 0 bridgehead atoms. The van der Waals surface area contributed by atoms with Gasteiger partial charge in [-0.1, -0.05) is 24.3 Å². The number of hydrogen-bond acceptors (Lipinski definition) is 6. The largest absolute Gasteiger partial charge is 0.309 e. The van der Waals surface area contributed by atoms with Crippen molar-refractivity contribution in [3.63, 3.8) is 0 Å². The summed E-state index contributed by atoms with van der Waals surface area (Å²) in [5, 5.41) is 1.23. The van der Waals surface area contributed by atoms with Gasteiger partial charge in [-0.3, -0.25) is 19.4 Å². The van der Waals surface area contributed by atoms with E-state index in [-0.39, 0.29) is 11.1 Å². The minimum absolute atomic E-state index is 0.0941. The Balaban J connectivity index is 1.26. The molecule has 2 aromatic carbocycles. The Bertz CT molecular complexity index is 1240. The Labute approximate surface area is 178 Å². The van der Waals surface area contributed by atoms with Crippen molar-refractivity contribution in [1.82, 2.24) is 29.7 Å². The standard InChI is InChI=1S/C23H24N6O2/c30-22-16-6-1-3-8-18(16)24-20(26-22)14-28-10-5-11-29(13-12-28)15-21-25-19-9-4-2-7-17(19)23(31)27-21/h1-4,6-9H,5,10-15H2,(H,24,26,30)(H,25,27,31). The predicted octanol–water partition coefficient (Wildman–Crippen LogP) is 1.87. The molecule has 1 aliphatic rings. The first-order chi connectivity index (χ1) is 15.2. The molecule has 0 saturated carbocycles. The molecule has 8 heteroatoms. The number of H-pyrrole nitrogens is 2. The van der Waals surface area contributed by atoms with Crippen LogP contribution in [0.3, 0.4) is 0 Å². The number of benzene rings is 2. The second kappa shape index (κ2) is 8.41. The molecular formula is C23H24N6O2. The maximum Gasteiger partial charge on any atom is 0.258 e. The first-order valence-electron chi connectivity index (χ1n) is 10.6. The molecule has 2 N–H and O–H groups in total. The molecule has 3 heterocycles. The average Bonchev–Trinajstić information content (AvgIpc) is 2.99. The second-order valence-corrected chi connectivity index (χ2v) is 7.97. The van der Waals surface area contributed by atoms with Crippen LogP contribution >= 0.6 is 0 Å². The quantitative estimate of drug-likeness (QED) is 0.527. The molecule has 0 atom stereocenters. The molecule has 0 spiro atoms. The third kappa shape index (κ3) is 4.26. The zero-order chi connectivity index (χ0) is 21.2. The van der Waals surface area contributed by atoms with Gasteiger partial charge in [0.2, 0.25) is 0 Å². The highest BCUT2D eigenvalue weighted by Crippen LogP contribution is 2.12. The van der Waals surface area contributed by atoms with Gasteiger partial charge in [0, 0.05) is 13.1 Å². The first kappa shape index (κ1) is 19.6. The summed E-state index contributed by atoms with van der Waals surface area (Å²) in [4.78, 5) is 44.4. The topological polar surface area (TPSA) is 98.0 Å². The van der Waals surface area contributed by atoms with E-state index in [0.717, 1.165) is 43.6 Å². The van der Waals surface area contributed by atoms with Crippen LogP contribution in [-0.4, -0.2) is 55.9 Å². The Morgan fingerprint density at radius 1 is 0.677 bits per heavy atom. The van der Waals surface area contributed by atoms with Gasteiger partial charge in [0.15, 0.2) is 0 Å². The van der Waals surface area contributed by atoms with Crippen LogP contribution < -0.4 is 11.1 Å². The van der Waals surface area contributed by atoms with Gasteiger partial charge in [0.1, 0.15) is 11.6 Å². The predicted molar refractivity (Wildman–Crippen MR) is 120 cm³/mol. The zero-order valence-electron chi connectivity index (χ0n) is 17.2. The van der Waals surface area contributed by atoms with Gasteiger partial charge >= 0.3 is 0 Å². The highest BCUT2D eigenvalue weighted by molar-refractivity contribution is 5.77. The molecule has 2 aromatic heterocycles. The smallest absolute Gasteiger partial charge is 0.258 e. The van der Waals surface area contributed by atoms with Crippen LogP contribution in [0.1, 0.15) is 18.1 Å². The highest BCUT2D eigenvalue weighted by atomic mass is 16.1. The van der Waals surface area contributed by atoms with Crippen LogP contribution in [0.25, 0.3) is 21.8 Å². The highest BCUT2D eigenvalue weighted by Gasteiger charge is 2.17. The van der Waals surface area contributed by atoms with Crippen molar-refractivity contribution in [1.29, 1.82) is 0 Å². The molecule has 1 saturated heterocycles. The molecule has 1 fully saturated rings. The third-order valence-electron chi connectivity index (χ3n) is 5.75. The lowest BCUT2D eigenvalue weighted by Gasteiger charge is -2.21. The molecule has 1 aliphatic heterocycles. The van der Waals surface area contributed by atoms with Crippen LogP contribution in [0.2, 0.25) is 0 Å². The monoisotopic (exact) mass is 416 g/mol. The lowest BCUT2D eigenvalue weighted by Crippen LogP contribution is -2.32. The van der Waals surface area contributed by atoms with E-state index < -0.39 is 0 Å². The van der Waals surface area contributed by atoms with Gasteiger partial charge in [-0.05, 0) is 43.8 Å². The van der Waals surface area contributed by atoms with E-state index in [1.165, 1.54) is 0 Å². The lowest BCUT2D eigenvalue weighted by molar-refractivity contribution is 0.240. The molecule has 158 valence electrons. The number of nitrogens with one attached hydrogen (secondary N) is 2. The molecular weight excluding hydrogens is 392 g/mol. The van der Waals surface area contributed by atoms with E-state index in [2.05, 4.69) is 29.7 Å². The van der Waals surface area contributed by atoms with Gasteiger partial charge in [0.05, 0.1) is 34.9 Å². The fraction of sp³-hybridized carbons (Fsp3) is 0.304. The van der Waals surface area contributed by atoms with E-state index in [1.807, 2.05) is 36.4 Å². The van der Waals surface area contributed by atoms with Crippen molar-refractivity contribution < 1.29 is 0 Å². The molecule has 8 nitrogen and oxygen atoms in total. The number of para-hydroxylation sites is 2. The SMILES string of the molecule is O=c1[nH]c(CN2CCCN(Cc3nc4ccccc4c(=O)[nH]3)CC2)nc2ccccc12. The van der Waals surface area contributed by atoms with Crippen molar-refractivity contribution in [2.75, 3.05) is 26.2 Å². The van der Waals surface area contributed by atoms with Gasteiger partial charge in [-0.25, -0.2) is 9.97 Å². The Morgan fingerprint density at radius 3 is 1.61 bits per heavy atom. The second-order valence-electron chi connectivity index (χ2n) is 7.97. The Kier molecular flexibility index (Phi) is 5.31. The van der Waals surface area contributed by atoms with E-state index in [9.17, 15) is 9.59 Å². The van der Waals surface area contributed by atoms with Crippen molar-refractivity contribution in [2.45, 2.75) is 19.5 Å². The van der Waals surface area contributed by atoms with Crippen molar-refractivity contribution >= 4 is 21.8 Å². The number of hydrogen-bond donors (Lipinski definition) is 2. The lowest BCUT2D eigenvalue weighted by atomic mass is 10.2.